The molecule has 20 nitrogen and oxygen atoms in total. The van der Waals surface area contributed by atoms with Gasteiger partial charge in [-0.25, -0.2) is 19.6 Å². The Bertz CT molecular complexity index is 2710. The number of nitrogens with zero attached hydrogens (tertiary/aromatic N) is 3. The van der Waals surface area contributed by atoms with Gasteiger partial charge in [0.25, 0.3) is 11.8 Å². The SMILES string of the molecule is C=CCN1C#CCN(NC(=O)[C@H](C)N)C(=O)N[C@H](Cc2c[nH]c3ccccc23)C(=O)N[C@@H](C)C(=O)NN(Cc2c[nH]c3ccccc23)C(=O)N[C@H](Cc2ccccc2)C(=O)N[C@H](C(N)=O)CCCC1. The zero-order valence-corrected chi connectivity index (χ0v) is 38.5. The van der Waals surface area contributed by atoms with Gasteiger partial charge in [-0.2, -0.15) is 0 Å². The van der Waals surface area contributed by atoms with E-state index in [4.69, 9.17) is 11.5 Å². The highest BCUT2D eigenvalue weighted by Crippen LogP contribution is 2.21. The molecule has 0 saturated carbocycles. The molecule has 1 aliphatic heterocycles. The number of aromatic nitrogens is 2. The van der Waals surface area contributed by atoms with Crippen LogP contribution in [0, 0.1) is 12.0 Å². The van der Waals surface area contributed by atoms with Gasteiger partial charge in [-0.15, -0.1) is 6.58 Å². The summed E-state index contributed by atoms with van der Waals surface area (Å²) in [6, 6.07) is 18.9. The number of carbonyl (C=O) groups is 7. The van der Waals surface area contributed by atoms with Gasteiger partial charge >= 0.3 is 12.1 Å². The lowest BCUT2D eigenvalue weighted by molar-refractivity contribution is -0.131. The van der Waals surface area contributed by atoms with Crippen LogP contribution in [-0.4, -0.2) is 116 Å². The summed E-state index contributed by atoms with van der Waals surface area (Å²) >= 11 is 0. The molecule has 0 radical (unpaired) electrons. The number of para-hydroxylation sites is 2. The number of urea groups is 2. The number of benzene rings is 3. The fourth-order valence-corrected chi connectivity index (χ4v) is 7.63. The van der Waals surface area contributed by atoms with E-state index in [-0.39, 0.29) is 32.4 Å². The van der Waals surface area contributed by atoms with Crippen molar-refractivity contribution in [1.82, 2.24) is 57.0 Å². The van der Waals surface area contributed by atoms with Crippen LogP contribution in [-0.2, 0) is 43.4 Å². The van der Waals surface area contributed by atoms with Crippen LogP contribution in [0.15, 0.2) is 104 Å². The highest BCUT2D eigenvalue weighted by molar-refractivity contribution is 5.95. The molecular weight excluding hydrogens is 883 g/mol. The Labute approximate surface area is 399 Å². The second-order valence-corrected chi connectivity index (χ2v) is 16.7. The number of carbonyl (C=O) groups excluding carboxylic acids is 7. The van der Waals surface area contributed by atoms with E-state index in [9.17, 15) is 33.6 Å². The van der Waals surface area contributed by atoms with Crippen molar-refractivity contribution in [1.29, 1.82) is 0 Å². The number of amides is 9. The maximum Gasteiger partial charge on any atom is 0.337 e. The first-order valence-electron chi connectivity index (χ1n) is 22.6. The maximum absolute atomic E-state index is 14.5. The summed E-state index contributed by atoms with van der Waals surface area (Å²) in [4.78, 5) is 105. The van der Waals surface area contributed by atoms with E-state index in [1.165, 1.54) is 13.8 Å². The Balaban J connectivity index is 1.36. The molecule has 6 rings (SSSR count). The minimum Gasteiger partial charge on any atom is -0.368 e. The smallest absolute Gasteiger partial charge is 0.337 e. The molecule has 0 saturated heterocycles. The zero-order chi connectivity index (χ0) is 49.5. The number of nitrogens with two attached hydrogens (primary N) is 2. The first-order valence-corrected chi connectivity index (χ1v) is 22.6. The molecule has 9 amide bonds. The fourth-order valence-electron chi connectivity index (χ4n) is 7.63. The lowest BCUT2D eigenvalue weighted by atomic mass is 10.0. The lowest BCUT2D eigenvalue weighted by Crippen LogP contribution is -2.61. The average molecular weight is 942 g/mol. The first kappa shape index (κ1) is 50.1. The third kappa shape index (κ3) is 13.9. The number of aromatic amines is 2. The van der Waals surface area contributed by atoms with Crippen LogP contribution in [0.1, 0.15) is 49.8 Å². The molecule has 0 fully saturated rings. The summed E-state index contributed by atoms with van der Waals surface area (Å²) in [5.41, 5.74) is 20.3. The van der Waals surface area contributed by atoms with Crippen LogP contribution < -0.4 is 43.6 Å². The molecule has 3 aromatic carbocycles. The van der Waals surface area contributed by atoms with E-state index in [0.717, 1.165) is 31.8 Å². The fraction of sp³-hybridized carbons (Fsp3) is 0.327. The number of hydrogen-bond donors (Lipinski definition) is 10. The third-order valence-corrected chi connectivity index (χ3v) is 11.4. The second kappa shape index (κ2) is 23.9. The van der Waals surface area contributed by atoms with E-state index in [2.05, 4.69) is 60.6 Å². The number of hydrazine groups is 2. The van der Waals surface area contributed by atoms with Gasteiger partial charge in [0.05, 0.1) is 12.6 Å². The van der Waals surface area contributed by atoms with Crippen molar-refractivity contribution in [3.05, 3.63) is 121 Å². The Hall–Kier alpha value is -8.31. The summed E-state index contributed by atoms with van der Waals surface area (Å²) < 4.78 is 0. The van der Waals surface area contributed by atoms with Crippen molar-refractivity contribution in [2.24, 2.45) is 11.5 Å². The van der Waals surface area contributed by atoms with Crippen LogP contribution in [0.4, 0.5) is 9.59 Å². The second-order valence-electron chi connectivity index (χ2n) is 16.7. The molecule has 12 N–H and O–H groups in total. The quantitative estimate of drug-likeness (QED) is 0.0683. The van der Waals surface area contributed by atoms with E-state index >= 15 is 0 Å². The first-order chi connectivity index (χ1) is 33.2. The van der Waals surface area contributed by atoms with Crippen molar-refractivity contribution in [2.45, 2.75) is 82.7 Å². The Kier molecular flexibility index (Phi) is 17.4. The minimum atomic E-state index is -1.33. The molecule has 20 heteroatoms. The van der Waals surface area contributed by atoms with Crippen molar-refractivity contribution >= 4 is 63.4 Å². The molecule has 5 aromatic rings. The molecule has 0 aliphatic carbocycles. The minimum absolute atomic E-state index is 0.0102. The number of hydrogen-bond acceptors (Lipinski definition) is 9. The van der Waals surface area contributed by atoms with Gasteiger partial charge in [-0.3, -0.25) is 34.8 Å². The number of nitrogens with one attached hydrogen (secondary N) is 8. The topological polar surface area (TPSA) is 285 Å². The van der Waals surface area contributed by atoms with Gasteiger partial charge in [-0.05, 0) is 61.9 Å². The summed E-state index contributed by atoms with van der Waals surface area (Å²) in [5.74, 6) is -0.865. The molecule has 0 bridgehead atoms. The molecule has 362 valence electrons. The molecular formula is C49H59N13O7. The standard InChI is InChI=1S/C49H59N13O7/c1-4-22-60-23-13-12-21-40(43(51)63)55-47(67)41(26-33-15-6-5-7-16-33)56-49(69)62(30-35-29-53-39-20-11-9-18-37(35)39)59-45(65)32(3)54-46(66)42(27-34-28-52-38-19-10-8-17-36(34)38)57-48(68)61(25-14-24-60)58-44(64)31(2)50/h4-11,15-20,28-29,31-32,40-42,52-53H,1,12-13,21-23,25-27,30,50H2,2-3H3,(H2,51,63)(H,54,66)(H,55,67)(H,56,69)(H,57,68)(H,58,64)(H,59,65)/t31-,32-,40-,41+,42+/m0/s1. The summed E-state index contributed by atoms with van der Waals surface area (Å²) in [5, 5.41) is 14.3. The number of primary amides is 1. The van der Waals surface area contributed by atoms with Crippen LogP contribution in [0.2, 0.25) is 0 Å². The predicted molar refractivity (Wildman–Crippen MR) is 259 cm³/mol. The van der Waals surface area contributed by atoms with Crippen molar-refractivity contribution < 1.29 is 33.6 Å². The predicted octanol–water partition coefficient (Wildman–Crippen LogP) is 1.91. The largest absolute Gasteiger partial charge is 0.368 e. The monoisotopic (exact) mass is 941 g/mol. The van der Waals surface area contributed by atoms with Gasteiger partial charge < -0.3 is 47.6 Å². The van der Waals surface area contributed by atoms with E-state index in [1.54, 1.807) is 47.6 Å². The third-order valence-electron chi connectivity index (χ3n) is 11.4. The van der Waals surface area contributed by atoms with E-state index < -0.39 is 71.8 Å². The van der Waals surface area contributed by atoms with Crippen LogP contribution in [0.25, 0.3) is 21.8 Å². The molecule has 5 atom stereocenters. The van der Waals surface area contributed by atoms with E-state index in [1.807, 2.05) is 54.6 Å². The molecule has 2 aromatic heterocycles. The molecule has 1 aliphatic rings. The number of rotatable bonds is 11. The number of fused-ring (bicyclic) bond motifs is 2. The summed E-state index contributed by atoms with van der Waals surface area (Å²) in [6.45, 7) is 6.82. The molecule has 0 unspecified atom stereocenters. The van der Waals surface area contributed by atoms with Gasteiger partial charge in [0.1, 0.15) is 30.7 Å². The van der Waals surface area contributed by atoms with Crippen molar-refractivity contribution in [3.8, 4) is 12.0 Å². The summed E-state index contributed by atoms with van der Waals surface area (Å²) in [6.07, 6.45) is 6.05. The Morgan fingerprint density at radius 2 is 1.41 bits per heavy atom. The lowest BCUT2D eigenvalue weighted by Gasteiger charge is -2.29. The highest BCUT2D eigenvalue weighted by Gasteiger charge is 2.32. The van der Waals surface area contributed by atoms with Crippen LogP contribution in [0.3, 0.4) is 0 Å². The number of H-pyrrole nitrogens is 2. The van der Waals surface area contributed by atoms with Crippen molar-refractivity contribution in [2.75, 3.05) is 19.6 Å². The highest BCUT2D eigenvalue weighted by atomic mass is 16.2. The van der Waals surface area contributed by atoms with Crippen LogP contribution >= 0.6 is 0 Å². The van der Waals surface area contributed by atoms with Gasteiger partial charge in [0.15, 0.2) is 0 Å². The average Bonchev–Trinajstić information content (AvgIpc) is 3.94. The Morgan fingerprint density at radius 3 is 2.07 bits per heavy atom. The van der Waals surface area contributed by atoms with Gasteiger partial charge in [0.2, 0.25) is 17.7 Å². The molecule has 3 heterocycles. The Morgan fingerprint density at radius 1 is 0.797 bits per heavy atom. The molecule has 0 spiro atoms. The van der Waals surface area contributed by atoms with Crippen LogP contribution in [0.5, 0.6) is 0 Å². The normalized spacial score (nSPS) is 20.0. The van der Waals surface area contributed by atoms with E-state index in [0.29, 0.717) is 42.6 Å². The van der Waals surface area contributed by atoms with Gasteiger partial charge in [0, 0.05) is 66.2 Å². The summed E-state index contributed by atoms with van der Waals surface area (Å²) in [7, 11) is 0. The van der Waals surface area contributed by atoms with Crippen molar-refractivity contribution in [3.63, 3.8) is 0 Å². The maximum atomic E-state index is 14.5. The van der Waals surface area contributed by atoms with Gasteiger partial charge in [-0.1, -0.05) is 78.7 Å². The molecule has 69 heavy (non-hydrogen) atoms. The zero-order valence-electron chi connectivity index (χ0n) is 38.5.